The zero-order chi connectivity index (χ0) is 11.7. The van der Waals surface area contributed by atoms with Gasteiger partial charge in [0.15, 0.2) is 0 Å². The lowest BCUT2D eigenvalue weighted by molar-refractivity contribution is 0.251. The Hall–Kier alpha value is -0.810. The fourth-order valence-corrected chi connectivity index (χ4v) is 2.12. The van der Waals surface area contributed by atoms with Gasteiger partial charge in [-0.3, -0.25) is 0 Å². The minimum absolute atomic E-state index is 0.165. The van der Waals surface area contributed by atoms with Crippen LogP contribution in [0.3, 0.4) is 0 Å². The van der Waals surface area contributed by atoms with Crippen LogP contribution in [0.15, 0.2) is 16.6 Å². The number of hydrogen-bond acceptors (Lipinski definition) is 1. The van der Waals surface area contributed by atoms with Crippen LogP contribution >= 0.6 is 27.5 Å². The van der Waals surface area contributed by atoms with E-state index in [1.54, 1.807) is 0 Å². The summed E-state index contributed by atoms with van der Waals surface area (Å²) in [7, 11) is 0. The van der Waals surface area contributed by atoms with Gasteiger partial charge >= 0.3 is 6.03 Å². The van der Waals surface area contributed by atoms with Crippen LogP contribution in [0.25, 0.3) is 0 Å². The summed E-state index contributed by atoms with van der Waals surface area (Å²) in [4.78, 5) is 11.5. The highest BCUT2D eigenvalue weighted by molar-refractivity contribution is 9.10. The molecule has 0 aromatic heterocycles. The van der Waals surface area contributed by atoms with Crippen LogP contribution < -0.4 is 10.6 Å². The van der Waals surface area contributed by atoms with Gasteiger partial charge in [0.1, 0.15) is 5.82 Å². The van der Waals surface area contributed by atoms with Crippen molar-refractivity contribution in [1.82, 2.24) is 5.32 Å². The van der Waals surface area contributed by atoms with Crippen molar-refractivity contribution in [2.45, 2.75) is 18.9 Å². The third-order valence-electron chi connectivity index (χ3n) is 2.16. The molecule has 0 unspecified atom stereocenters. The van der Waals surface area contributed by atoms with Crippen LogP contribution in [-0.4, -0.2) is 12.1 Å². The van der Waals surface area contributed by atoms with Gasteiger partial charge in [-0.05, 0) is 40.9 Å². The van der Waals surface area contributed by atoms with E-state index in [2.05, 4.69) is 26.6 Å². The molecule has 0 bridgehead atoms. The number of halogens is 3. The average Bonchev–Trinajstić information content (AvgIpc) is 2.95. The minimum Gasteiger partial charge on any atom is -0.335 e. The van der Waals surface area contributed by atoms with Gasteiger partial charge in [0.05, 0.1) is 10.7 Å². The van der Waals surface area contributed by atoms with Gasteiger partial charge in [0.2, 0.25) is 0 Å². The lowest BCUT2D eigenvalue weighted by atomic mass is 10.3. The molecule has 0 aliphatic heterocycles. The molecule has 0 spiro atoms. The highest BCUT2D eigenvalue weighted by Crippen LogP contribution is 2.31. The number of nitrogens with one attached hydrogen (secondary N) is 2. The Morgan fingerprint density at radius 3 is 2.75 bits per heavy atom. The molecule has 0 atom stereocenters. The maximum Gasteiger partial charge on any atom is 0.319 e. The minimum atomic E-state index is -0.454. The molecule has 0 radical (unpaired) electrons. The fraction of sp³-hybridized carbons (Fsp3) is 0.300. The van der Waals surface area contributed by atoms with Crippen LogP contribution in [0.1, 0.15) is 12.8 Å². The summed E-state index contributed by atoms with van der Waals surface area (Å²) in [6, 6.07) is 2.34. The van der Waals surface area contributed by atoms with Crippen molar-refractivity contribution in [3.8, 4) is 0 Å². The van der Waals surface area contributed by atoms with Crippen LogP contribution in [0, 0.1) is 5.82 Å². The number of anilines is 1. The van der Waals surface area contributed by atoms with Crippen molar-refractivity contribution >= 4 is 39.2 Å². The molecule has 0 heterocycles. The summed E-state index contributed by atoms with van der Waals surface area (Å²) < 4.78 is 13.3. The van der Waals surface area contributed by atoms with E-state index in [1.807, 2.05) is 0 Å². The number of benzene rings is 1. The van der Waals surface area contributed by atoms with Crippen molar-refractivity contribution in [3.63, 3.8) is 0 Å². The molecule has 0 saturated heterocycles. The standard InChI is InChI=1S/C10H9BrClFN2O/c11-7-3-5(13)4-8(12)9(7)15-10(16)14-6-1-2-6/h3-4,6H,1-2H2,(H2,14,15,16). The normalized spacial score (nSPS) is 14.7. The maximum absolute atomic E-state index is 12.9. The zero-order valence-electron chi connectivity index (χ0n) is 8.19. The molecule has 1 aromatic rings. The SMILES string of the molecule is O=C(Nc1c(Cl)cc(F)cc1Br)NC1CC1. The van der Waals surface area contributed by atoms with Crippen molar-refractivity contribution in [1.29, 1.82) is 0 Å². The van der Waals surface area contributed by atoms with E-state index in [1.165, 1.54) is 6.07 Å². The third-order valence-corrected chi connectivity index (χ3v) is 3.08. The predicted octanol–water partition coefficient (Wildman–Crippen LogP) is 3.53. The molecule has 16 heavy (non-hydrogen) atoms. The Balaban J connectivity index is 2.10. The molecule has 3 nitrogen and oxygen atoms in total. The van der Waals surface area contributed by atoms with Crippen molar-refractivity contribution < 1.29 is 9.18 Å². The van der Waals surface area contributed by atoms with Crippen molar-refractivity contribution in [2.24, 2.45) is 0 Å². The summed E-state index contributed by atoms with van der Waals surface area (Å²) in [6.07, 6.45) is 2.01. The first kappa shape index (κ1) is 11.7. The summed E-state index contributed by atoms with van der Waals surface area (Å²) >= 11 is 8.96. The van der Waals surface area contributed by atoms with Crippen molar-refractivity contribution in [3.05, 3.63) is 27.4 Å². The van der Waals surface area contributed by atoms with Gasteiger partial charge < -0.3 is 10.6 Å². The second-order valence-corrected chi connectivity index (χ2v) is 4.88. The Kier molecular flexibility index (Phi) is 3.35. The summed E-state index contributed by atoms with van der Waals surface area (Å²) in [6.45, 7) is 0. The smallest absolute Gasteiger partial charge is 0.319 e. The molecule has 86 valence electrons. The number of hydrogen-bond donors (Lipinski definition) is 2. The molecule has 1 aliphatic carbocycles. The Labute approximate surface area is 105 Å². The number of amides is 2. The molecule has 1 fully saturated rings. The van der Waals surface area contributed by atoms with E-state index in [4.69, 9.17) is 11.6 Å². The molecule has 2 rings (SSSR count). The zero-order valence-corrected chi connectivity index (χ0v) is 10.5. The highest BCUT2D eigenvalue weighted by atomic mass is 79.9. The summed E-state index contributed by atoms with van der Waals surface area (Å²) in [5.74, 6) is -0.454. The van der Waals surface area contributed by atoms with E-state index in [0.29, 0.717) is 10.2 Å². The molecular weight excluding hydrogens is 298 g/mol. The summed E-state index contributed by atoms with van der Waals surface area (Å²) in [5, 5.41) is 5.49. The van der Waals surface area contributed by atoms with Gasteiger partial charge in [0, 0.05) is 10.5 Å². The van der Waals surface area contributed by atoms with Gasteiger partial charge in [-0.15, -0.1) is 0 Å². The quantitative estimate of drug-likeness (QED) is 0.862. The topological polar surface area (TPSA) is 41.1 Å². The Morgan fingerprint density at radius 1 is 1.50 bits per heavy atom. The molecule has 2 N–H and O–H groups in total. The van der Waals surface area contributed by atoms with Gasteiger partial charge in [0.25, 0.3) is 0 Å². The molecule has 2 amide bonds. The monoisotopic (exact) mass is 306 g/mol. The highest BCUT2D eigenvalue weighted by Gasteiger charge is 2.23. The number of carbonyl (C=O) groups excluding carboxylic acids is 1. The van der Waals surface area contributed by atoms with Crippen LogP contribution in [0.5, 0.6) is 0 Å². The van der Waals surface area contributed by atoms with Crippen LogP contribution in [0.2, 0.25) is 5.02 Å². The predicted molar refractivity (Wildman–Crippen MR) is 64.3 cm³/mol. The second-order valence-electron chi connectivity index (χ2n) is 3.62. The molecule has 1 aromatic carbocycles. The first-order valence-corrected chi connectivity index (χ1v) is 5.95. The van der Waals surface area contributed by atoms with Crippen LogP contribution in [-0.2, 0) is 0 Å². The number of carbonyl (C=O) groups is 1. The number of urea groups is 1. The van der Waals surface area contributed by atoms with E-state index in [9.17, 15) is 9.18 Å². The van der Waals surface area contributed by atoms with E-state index >= 15 is 0 Å². The average molecular weight is 308 g/mol. The first-order chi connectivity index (χ1) is 7.56. The maximum atomic E-state index is 12.9. The van der Waals surface area contributed by atoms with E-state index in [-0.39, 0.29) is 17.1 Å². The van der Waals surface area contributed by atoms with E-state index in [0.717, 1.165) is 18.9 Å². The Morgan fingerprint density at radius 2 is 2.19 bits per heavy atom. The largest absolute Gasteiger partial charge is 0.335 e. The summed E-state index contributed by atoms with van der Waals surface area (Å²) in [5.41, 5.74) is 0.376. The van der Waals surface area contributed by atoms with Crippen LogP contribution in [0.4, 0.5) is 14.9 Å². The molecule has 1 aliphatic rings. The number of rotatable bonds is 2. The van der Waals surface area contributed by atoms with Gasteiger partial charge in [-0.25, -0.2) is 9.18 Å². The van der Waals surface area contributed by atoms with Gasteiger partial charge in [-0.1, -0.05) is 11.6 Å². The lowest BCUT2D eigenvalue weighted by Crippen LogP contribution is -2.30. The second kappa shape index (κ2) is 4.59. The van der Waals surface area contributed by atoms with E-state index < -0.39 is 5.82 Å². The Bertz CT molecular complexity index is 414. The first-order valence-electron chi connectivity index (χ1n) is 4.78. The fourth-order valence-electron chi connectivity index (χ4n) is 1.22. The third kappa shape index (κ3) is 2.86. The lowest BCUT2D eigenvalue weighted by Gasteiger charge is -2.10. The molecule has 6 heteroatoms. The van der Waals surface area contributed by atoms with Gasteiger partial charge in [-0.2, -0.15) is 0 Å². The molecular formula is C10H9BrClFN2O. The molecule has 1 saturated carbocycles. The van der Waals surface area contributed by atoms with Crippen molar-refractivity contribution in [2.75, 3.05) is 5.32 Å².